The Morgan fingerprint density at radius 2 is 1.97 bits per heavy atom. The van der Waals surface area contributed by atoms with Crippen LogP contribution in [0.1, 0.15) is 58.8 Å². The number of likely N-dealkylation sites (tertiary alicyclic amines) is 1. The maximum absolute atomic E-state index is 12.5. The Morgan fingerprint density at radius 1 is 1.13 bits per heavy atom. The van der Waals surface area contributed by atoms with Crippen molar-refractivity contribution in [2.75, 3.05) is 19.6 Å². The summed E-state index contributed by atoms with van der Waals surface area (Å²) in [5, 5.41) is 13.0. The topological polar surface area (TPSA) is 82.8 Å². The number of amides is 1. The van der Waals surface area contributed by atoms with Gasteiger partial charge in [0, 0.05) is 38.2 Å². The molecular weight excluding hydrogens is 390 g/mol. The number of piperidine rings is 1. The molecule has 0 radical (unpaired) electrons. The van der Waals surface area contributed by atoms with Crippen LogP contribution in [0.3, 0.4) is 0 Å². The average Bonchev–Trinajstić information content (AvgIpc) is 3.57. The lowest BCUT2D eigenvalue weighted by atomic mass is 10.0. The third-order valence-corrected chi connectivity index (χ3v) is 6.29. The smallest absolute Gasteiger partial charge is 0.274 e. The SMILES string of the molecule is O=C(c1cn2cc(C3CC3)cnc2n1)N1CCCC(O)C1.c1ccc2c(c1)CCNC2. The lowest BCUT2D eigenvalue weighted by molar-refractivity contribution is 0.0469. The predicted molar refractivity (Wildman–Crippen MR) is 118 cm³/mol. The van der Waals surface area contributed by atoms with Crippen LogP contribution in [0, 0.1) is 0 Å². The monoisotopic (exact) mass is 419 g/mol. The summed E-state index contributed by atoms with van der Waals surface area (Å²) in [6.07, 6.45) is 10.4. The summed E-state index contributed by atoms with van der Waals surface area (Å²) >= 11 is 0. The van der Waals surface area contributed by atoms with E-state index in [2.05, 4.69) is 39.6 Å². The number of aliphatic hydroxyl groups is 1. The first-order valence-electron chi connectivity index (χ1n) is 11.3. The van der Waals surface area contributed by atoms with Crippen molar-refractivity contribution in [3.8, 4) is 0 Å². The summed E-state index contributed by atoms with van der Waals surface area (Å²) in [6.45, 7) is 3.27. The van der Waals surface area contributed by atoms with Crippen molar-refractivity contribution in [1.29, 1.82) is 0 Å². The lowest BCUT2D eigenvalue weighted by Gasteiger charge is -2.29. The van der Waals surface area contributed by atoms with Gasteiger partial charge in [0.05, 0.1) is 6.10 Å². The predicted octanol–water partition coefficient (Wildman–Crippen LogP) is 2.54. The molecule has 7 nitrogen and oxygen atoms in total. The van der Waals surface area contributed by atoms with Gasteiger partial charge in [-0.05, 0) is 61.3 Å². The number of fused-ring (bicyclic) bond motifs is 2. The van der Waals surface area contributed by atoms with Gasteiger partial charge in [0.1, 0.15) is 5.69 Å². The molecule has 1 aromatic carbocycles. The molecule has 1 aliphatic carbocycles. The first-order valence-corrected chi connectivity index (χ1v) is 11.3. The van der Waals surface area contributed by atoms with Gasteiger partial charge in [-0.2, -0.15) is 0 Å². The lowest BCUT2D eigenvalue weighted by Crippen LogP contribution is -2.42. The number of benzene rings is 1. The molecule has 1 saturated carbocycles. The van der Waals surface area contributed by atoms with E-state index in [-0.39, 0.29) is 5.91 Å². The van der Waals surface area contributed by atoms with Gasteiger partial charge in [-0.1, -0.05) is 24.3 Å². The molecule has 1 amide bonds. The molecule has 1 atom stereocenters. The largest absolute Gasteiger partial charge is 0.391 e. The van der Waals surface area contributed by atoms with Gasteiger partial charge in [0.15, 0.2) is 0 Å². The maximum Gasteiger partial charge on any atom is 0.274 e. The summed E-state index contributed by atoms with van der Waals surface area (Å²) in [4.78, 5) is 22.8. The molecule has 2 aromatic heterocycles. The Balaban J connectivity index is 0.000000171. The summed E-state index contributed by atoms with van der Waals surface area (Å²) in [7, 11) is 0. The van der Waals surface area contributed by atoms with Crippen molar-refractivity contribution in [2.24, 2.45) is 0 Å². The fourth-order valence-corrected chi connectivity index (χ4v) is 4.35. The molecule has 162 valence electrons. The van der Waals surface area contributed by atoms with E-state index in [9.17, 15) is 9.90 Å². The maximum atomic E-state index is 12.5. The van der Waals surface area contributed by atoms with Gasteiger partial charge in [-0.25, -0.2) is 9.97 Å². The second kappa shape index (κ2) is 8.77. The quantitative estimate of drug-likeness (QED) is 0.667. The third kappa shape index (κ3) is 4.62. The second-order valence-corrected chi connectivity index (χ2v) is 8.74. The molecule has 2 aliphatic heterocycles. The van der Waals surface area contributed by atoms with Crippen LogP contribution in [0.5, 0.6) is 0 Å². The molecule has 4 heterocycles. The van der Waals surface area contributed by atoms with Crippen molar-refractivity contribution in [3.63, 3.8) is 0 Å². The van der Waals surface area contributed by atoms with Gasteiger partial charge in [0.25, 0.3) is 5.91 Å². The molecule has 7 heteroatoms. The summed E-state index contributed by atoms with van der Waals surface area (Å²) in [6, 6.07) is 8.63. The molecule has 2 fully saturated rings. The minimum atomic E-state index is -0.417. The number of β-amino-alcohol motifs (C(OH)–C–C–N with tert-alkyl or cyclic N) is 1. The molecule has 2 N–H and O–H groups in total. The minimum absolute atomic E-state index is 0.118. The van der Waals surface area contributed by atoms with Gasteiger partial charge in [0.2, 0.25) is 5.78 Å². The van der Waals surface area contributed by atoms with Crippen LogP contribution >= 0.6 is 0 Å². The van der Waals surface area contributed by atoms with Crippen LogP contribution in [0.2, 0.25) is 0 Å². The Kier molecular flexibility index (Phi) is 5.70. The van der Waals surface area contributed by atoms with Crippen molar-refractivity contribution < 1.29 is 9.90 Å². The van der Waals surface area contributed by atoms with Gasteiger partial charge in [-0.3, -0.25) is 9.20 Å². The second-order valence-electron chi connectivity index (χ2n) is 8.74. The van der Waals surface area contributed by atoms with Gasteiger partial charge < -0.3 is 15.3 Å². The molecule has 3 aliphatic rings. The van der Waals surface area contributed by atoms with Gasteiger partial charge in [-0.15, -0.1) is 0 Å². The average molecular weight is 420 g/mol. The van der Waals surface area contributed by atoms with E-state index in [0.29, 0.717) is 30.5 Å². The number of nitrogens with one attached hydrogen (secondary N) is 1. The van der Waals surface area contributed by atoms with Gasteiger partial charge >= 0.3 is 0 Å². The molecule has 6 rings (SSSR count). The van der Waals surface area contributed by atoms with Crippen molar-refractivity contribution in [1.82, 2.24) is 24.6 Å². The van der Waals surface area contributed by atoms with Crippen LogP contribution in [-0.4, -0.2) is 56.0 Å². The van der Waals surface area contributed by atoms with E-state index >= 15 is 0 Å². The van der Waals surface area contributed by atoms with E-state index < -0.39 is 6.10 Å². The number of aliphatic hydroxyl groups excluding tert-OH is 1. The fraction of sp³-hybridized carbons (Fsp3) is 0.458. The molecule has 1 saturated heterocycles. The number of imidazole rings is 1. The van der Waals surface area contributed by atoms with Crippen LogP contribution in [-0.2, 0) is 13.0 Å². The van der Waals surface area contributed by atoms with E-state index in [4.69, 9.17) is 0 Å². The molecule has 1 unspecified atom stereocenters. The van der Waals surface area contributed by atoms with Crippen molar-refractivity contribution in [2.45, 2.75) is 50.7 Å². The Hall–Kier alpha value is -2.77. The highest BCUT2D eigenvalue weighted by Crippen LogP contribution is 2.39. The first-order chi connectivity index (χ1) is 15.2. The highest BCUT2D eigenvalue weighted by Gasteiger charge is 2.26. The van der Waals surface area contributed by atoms with Crippen molar-refractivity contribution in [3.05, 3.63) is 65.2 Å². The highest BCUT2D eigenvalue weighted by atomic mass is 16.3. The van der Waals surface area contributed by atoms with Crippen LogP contribution in [0.4, 0.5) is 0 Å². The van der Waals surface area contributed by atoms with E-state index in [1.54, 1.807) is 11.1 Å². The summed E-state index contributed by atoms with van der Waals surface area (Å²) < 4.78 is 1.83. The summed E-state index contributed by atoms with van der Waals surface area (Å²) in [5.41, 5.74) is 4.60. The number of hydrogen-bond acceptors (Lipinski definition) is 5. The first kappa shape index (κ1) is 20.2. The number of carbonyl (C=O) groups excluding carboxylic acids is 1. The number of hydrogen-bond donors (Lipinski definition) is 2. The normalized spacial score (nSPS) is 20.7. The zero-order chi connectivity index (χ0) is 21.2. The number of carbonyl (C=O) groups is 1. The van der Waals surface area contributed by atoms with Crippen molar-refractivity contribution >= 4 is 11.7 Å². The standard InChI is InChI=1S/C15H18N4O2.C9H11N/c20-12-2-1-5-18(8-12)14(21)13-9-19-7-11(10-3-4-10)6-16-15(19)17-13;1-2-4-9-7-10-6-5-8(9)3-1/h6-7,9-10,12,20H,1-5,8H2;1-4,10H,5-7H2. The summed E-state index contributed by atoms with van der Waals surface area (Å²) in [5.74, 6) is 1.06. The fourth-order valence-electron chi connectivity index (χ4n) is 4.35. The Labute approximate surface area is 182 Å². The van der Waals surface area contributed by atoms with Crippen LogP contribution in [0.15, 0.2) is 42.9 Å². The number of rotatable bonds is 2. The Morgan fingerprint density at radius 3 is 2.74 bits per heavy atom. The molecule has 0 spiro atoms. The van der Waals surface area contributed by atoms with Crippen LogP contribution < -0.4 is 5.32 Å². The molecule has 0 bridgehead atoms. The zero-order valence-electron chi connectivity index (χ0n) is 17.7. The van der Waals surface area contributed by atoms with E-state index in [1.165, 1.54) is 36.0 Å². The molecular formula is C24H29N5O2. The number of aromatic nitrogens is 3. The molecule has 3 aromatic rings. The minimum Gasteiger partial charge on any atom is -0.391 e. The number of nitrogens with zero attached hydrogens (tertiary/aromatic N) is 4. The van der Waals surface area contributed by atoms with E-state index in [1.807, 2.05) is 16.8 Å². The van der Waals surface area contributed by atoms with Crippen LogP contribution in [0.25, 0.3) is 5.78 Å². The van der Waals surface area contributed by atoms with E-state index in [0.717, 1.165) is 25.9 Å². The molecule has 31 heavy (non-hydrogen) atoms. The Bertz CT molecular complexity index is 1050. The highest BCUT2D eigenvalue weighted by molar-refractivity contribution is 5.92. The third-order valence-electron chi connectivity index (χ3n) is 6.29. The zero-order valence-corrected chi connectivity index (χ0v) is 17.7.